The van der Waals surface area contributed by atoms with Crippen molar-refractivity contribution in [1.29, 1.82) is 0 Å². The van der Waals surface area contributed by atoms with Crippen LogP contribution >= 0.6 is 11.6 Å². The highest BCUT2D eigenvalue weighted by Gasteiger charge is 2.17. The molecule has 1 aromatic heterocycles. The van der Waals surface area contributed by atoms with Gasteiger partial charge in [-0.1, -0.05) is 48.0 Å². The van der Waals surface area contributed by atoms with Crippen LogP contribution in [0.15, 0.2) is 59.5 Å². The van der Waals surface area contributed by atoms with Crippen LogP contribution in [0.4, 0.5) is 14.5 Å². The van der Waals surface area contributed by atoms with E-state index >= 15 is 0 Å². The van der Waals surface area contributed by atoms with Gasteiger partial charge in [0, 0.05) is 6.04 Å². The number of aromatic amines is 1. The Bertz CT molecular complexity index is 914. The summed E-state index contributed by atoms with van der Waals surface area (Å²) in [6, 6.07) is 12.4. The number of benzene rings is 2. The first kappa shape index (κ1) is 18.1. The second-order valence-electron chi connectivity index (χ2n) is 5.86. The van der Waals surface area contributed by atoms with E-state index in [1.807, 2.05) is 0 Å². The Morgan fingerprint density at radius 2 is 1.54 bits per heavy atom. The molecule has 4 nitrogen and oxygen atoms in total. The first-order chi connectivity index (χ1) is 12.5. The molecule has 3 aromatic rings. The number of halogens is 3. The van der Waals surface area contributed by atoms with Crippen LogP contribution in [0.25, 0.3) is 0 Å². The number of nitrogens with one attached hydrogen (secondary N) is 2. The first-order valence-electron chi connectivity index (χ1n) is 8.01. The lowest BCUT2D eigenvalue weighted by atomic mass is 9.98. The van der Waals surface area contributed by atoms with Gasteiger partial charge in [-0.2, -0.15) is 5.10 Å². The number of hydrogen-bond donors (Lipinski definition) is 2. The maximum atomic E-state index is 14.1. The fraction of sp³-hybridized carbons (Fsp3) is 0.158. The van der Waals surface area contributed by atoms with Gasteiger partial charge >= 0.3 is 0 Å². The zero-order chi connectivity index (χ0) is 18.5. The minimum absolute atomic E-state index is 0.0490. The molecule has 1 heterocycles. The molecule has 0 saturated heterocycles. The van der Waals surface area contributed by atoms with Crippen LogP contribution in [0, 0.1) is 11.6 Å². The summed E-state index contributed by atoms with van der Waals surface area (Å²) in [5.74, 6) is -0.689. The van der Waals surface area contributed by atoms with Gasteiger partial charge in [-0.15, -0.1) is 0 Å². The number of H-pyrrole nitrogens is 1. The molecule has 0 aliphatic rings. The largest absolute Gasteiger partial charge is 0.379 e. The maximum absolute atomic E-state index is 14.1. The predicted molar refractivity (Wildman–Crippen MR) is 97.5 cm³/mol. The van der Waals surface area contributed by atoms with Crippen LogP contribution in [0.3, 0.4) is 0 Å². The first-order valence-corrected chi connectivity index (χ1v) is 8.39. The summed E-state index contributed by atoms with van der Waals surface area (Å²) in [4.78, 5) is 11.6. The van der Waals surface area contributed by atoms with Crippen LogP contribution in [-0.4, -0.2) is 16.2 Å². The highest BCUT2D eigenvalue weighted by atomic mass is 35.5. The lowest BCUT2D eigenvalue weighted by Crippen LogP contribution is -2.27. The zero-order valence-electron chi connectivity index (χ0n) is 13.7. The normalized spacial score (nSPS) is 10.9. The maximum Gasteiger partial charge on any atom is 0.285 e. The molecule has 0 aliphatic heterocycles. The Balaban J connectivity index is 1.90. The van der Waals surface area contributed by atoms with Crippen LogP contribution in [-0.2, 0) is 12.8 Å². The Kier molecular flexibility index (Phi) is 5.63. The van der Waals surface area contributed by atoms with Crippen molar-refractivity contribution in [2.75, 3.05) is 5.32 Å². The van der Waals surface area contributed by atoms with Crippen molar-refractivity contribution in [3.05, 3.63) is 92.9 Å². The molecule has 0 aliphatic carbocycles. The van der Waals surface area contributed by atoms with E-state index in [1.165, 1.54) is 18.3 Å². The van der Waals surface area contributed by atoms with E-state index in [0.29, 0.717) is 16.8 Å². The van der Waals surface area contributed by atoms with Gasteiger partial charge < -0.3 is 5.32 Å². The lowest BCUT2D eigenvalue weighted by molar-refractivity contribution is 0.577. The minimum Gasteiger partial charge on any atom is -0.379 e. The van der Waals surface area contributed by atoms with Gasteiger partial charge in [0.25, 0.3) is 5.56 Å². The van der Waals surface area contributed by atoms with Crippen molar-refractivity contribution in [2.24, 2.45) is 0 Å². The van der Waals surface area contributed by atoms with Crippen molar-refractivity contribution < 1.29 is 8.78 Å². The number of hydrogen-bond acceptors (Lipinski definition) is 3. The Morgan fingerprint density at radius 3 is 2.08 bits per heavy atom. The van der Waals surface area contributed by atoms with E-state index in [9.17, 15) is 13.6 Å². The van der Waals surface area contributed by atoms with Crippen molar-refractivity contribution in [2.45, 2.75) is 18.9 Å². The molecule has 0 fully saturated rings. The third-order valence-corrected chi connectivity index (χ3v) is 4.38. The third-order valence-electron chi connectivity index (χ3n) is 4.00. The monoisotopic (exact) mass is 375 g/mol. The molecule has 3 rings (SSSR count). The van der Waals surface area contributed by atoms with Crippen LogP contribution in [0.2, 0.25) is 5.02 Å². The molecule has 2 N–H and O–H groups in total. The van der Waals surface area contributed by atoms with E-state index in [1.54, 1.807) is 36.4 Å². The number of aromatic nitrogens is 2. The smallest absolute Gasteiger partial charge is 0.285 e. The average molecular weight is 376 g/mol. The van der Waals surface area contributed by atoms with Crippen molar-refractivity contribution in [3.63, 3.8) is 0 Å². The Hall–Kier alpha value is -2.73. The summed E-state index contributed by atoms with van der Waals surface area (Å²) in [6.45, 7) is 0. The van der Waals surface area contributed by atoms with Gasteiger partial charge in [0.15, 0.2) is 0 Å². The molecule has 134 valence electrons. The van der Waals surface area contributed by atoms with Crippen molar-refractivity contribution in [3.8, 4) is 0 Å². The summed E-state index contributed by atoms with van der Waals surface area (Å²) >= 11 is 6.01. The quantitative estimate of drug-likeness (QED) is 0.685. The summed E-state index contributed by atoms with van der Waals surface area (Å²) in [7, 11) is 0. The summed E-state index contributed by atoms with van der Waals surface area (Å²) in [6.07, 6.45) is 1.94. The van der Waals surface area contributed by atoms with E-state index < -0.39 is 11.6 Å². The van der Waals surface area contributed by atoms with E-state index in [4.69, 9.17) is 11.6 Å². The third kappa shape index (κ3) is 4.26. The standard InChI is InChI=1S/C19H16ClF2N3O/c20-18-17(11-23-25-19(18)26)24-14(9-12-5-1-3-7-15(12)21)10-13-6-2-4-8-16(13)22/h1-8,11,14H,9-10H2,(H2,24,25,26). The van der Waals surface area contributed by atoms with Crippen molar-refractivity contribution in [1.82, 2.24) is 10.2 Å². The summed E-state index contributed by atoms with van der Waals surface area (Å²) < 4.78 is 28.1. The molecule has 7 heteroatoms. The average Bonchev–Trinajstić information content (AvgIpc) is 2.63. The molecular weight excluding hydrogens is 360 g/mol. The fourth-order valence-corrected chi connectivity index (χ4v) is 2.88. The molecule has 0 bridgehead atoms. The molecule has 0 radical (unpaired) electrons. The molecule has 0 amide bonds. The van der Waals surface area contributed by atoms with E-state index in [2.05, 4.69) is 15.5 Å². The Labute approximate surface area is 153 Å². The van der Waals surface area contributed by atoms with Crippen LogP contribution in [0.5, 0.6) is 0 Å². The number of anilines is 1. The fourth-order valence-electron chi connectivity index (χ4n) is 2.74. The van der Waals surface area contributed by atoms with Gasteiger partial charge in [0.05, 0.1) is 11.9 Å². The summed E-state index contributed by atoms with van der Waals surface area (Å²) in [5.41, 5.74) is 0.741. The molecule has 0 saturated carbocycles. The SMILES string of the molecule is O=c1[nH]ncc(NC(Cc2ccccc2F)Cc2ccccc2F)c1Cl. The van der Waals surface area contributed by atoms with Gasteiger partial charge in [0.2, 0.25) is 0 Å². The molecule has 0 spiro atoms. The zero-order valence-corrected chi connectivity index (χ0v) is 14.4. The van der Waals surface area contributed by atoms with Gasteiger partial charge in [0.1, 0.15) is 16.7 Å². The molecule has 0 atom stereocenters. The van der Waals surface area contributed by atoms with Crippen LogP contribution < -0.4 is 10.9 Å². The molecule has 26 heavy (non-hydrogen) atoms. The number of nitrogens with zero attached hydrogens (tertiary/aromatic N) is 1. The van der Waals surface area contributed by atoms with Gasteiger partial charge in [-0.05, 0) is 36.1 Å². The van der Waals surface area contributed by atoms with E-state index in [0.717, 1.165) is 0 Å². The lowest BCUT2D eigenvalue weighted by Gasteiger charge is -2.21. The van der Waals surface area contributed by atoms with Gasteiger partial charge in [-0.25, -0.2) is 13.9 Å². The number of rotatable bonds is 6. The topological polar surface area (TPSA) is 57.8 Å². The summed E-state index contributed by atoms with van der Waals surface area (Å²) in [5, 5.41) is 8.99. The second kappa shape index (κ2) is 8.10. The highest BCUT2D eigenvalue weighted by Crippen LogP contribution is 2.21. The second-order valence-corrected chi connectivity index (χ2v) is 6.24. The highest BCUT2D eigenvalue weighted by molar-refractivity contribution is 6.32. The molecular formula is C19H16ClF2N3O. The van der Waals surface area contributed by atoms with Gasteiger partial charge in [-0.3, -0.25) is 4.79 Å². The van der Waals surface area contributed by atoms with E-state index in [-0.39, 0.29) is 29.5 Å². The van der Waals surface area contributed by atoms with Crippen LogP contribution in [0.1, 0.15) is 11.1 Å². The van der Waals surface area contributed by atoms with Crippen molar-refractivity contribution >= 4 is 17.3 Å². The molecule has 2 aromatic carbocycles. The minimum atomic E-state index is -0.535. The molecule has 0 unspecified atom stereocenters. The Morgan fingerprint density at radius 1 is 1.00 bits per heavy atom. The predicted octanol–water partition coefficient (Wildman–Crippen LogP) is 3.97.